The number of amides is 3. The zero-order valence-corrected chi connectivity index (χ0v) is 27.3. The van der Waals surface area contributed by atoms with Gasteiger partial charge in [-0.2, -0.15) is 26.3 Å². The van der Waals surface area contributed by atoms with Gasteiger partial charge in [0.15, 0.2) is 5.78 Å². The molecule has 3 N–H and O–H groups in total. The fourth-order valence-electron chi connectivity index (χ4n) is 4.47. The van der Waals surface area contributed by atoms with E-state index < -0.39 is 40.6 Å². The van der Waals surface area contributed by atoms with Gasteiger partial charge in [0.2, 0.25) is 0 Å². The maximum atomic E-state index is 13.1. The van der Waals surface area contributed by atoms with Crippen molar-refractivity contribution in [3.63, 3.8) is 0 Å². The zero-order valence-electron chi connectivity index (χ0n) is 26.6. The number of allylic oxidation sites excluding steroid dienone is 1. The van der Waals surface area contributed by atoms with E-state index in [9.17, 15) is 40.7 Å². The number of rotatable bonds is 14. The van der Waals surface area contributed by atoms with E-state index in [2.05, 4.69) is 25.9 Å². The van der Waals surface area contributed by atoms with Crippen molar-refractivity contribution in [2.75, 3.05) is 17.2 Å². The second kappa shape index (κ2) is 17.5. The number of urea groups is 1. The van der Waals surface area contributed by atoms with Gasteiger partial charge in [0.25, 0.3) is 5.91 Å². The van der Waals surface area contributed by atoms with Gasteiger partial charge < -0.3 is 20.7 Å². The molecule has 0 fully saturated rings. The fourth-order valence-corrected chi connectivity index (χ4v) is 4.69. The van der Waals surface area contributed by atoms with E-state index in [4.69, 9.17) is 16.3 Å². The molecule has 2 aromatic heterocycles. The quantitative estimate of drug-likeness (QED) is 0.0674. The predicted octanol–water partition coefficient (Wildman–Crippen LogP) is 9.57. The highest BCUT2D eigenvalue weighted by Gasteiger charge is 2.33. The molecule has 9 nitrogen and oxygen atoms in total. The van der Waals surface area contributed by atoms with Crippen molar-refractivity contribution < 1.29 is 45.5 Å². The summed E-state index contributed by atoms with van der Waals surface area (Å²) in [6, 6.07) is 13.4. The molecule has 0 saturated heterocycles. The number of ketones is 1. The average molecular weight is 734 g/mol. The largest absolute Gasteiger partial charge is 0.457 e. The van der Waals surface area contributed by atoms with Crippen molar-refractivity contribution in [3.8, 4) is 11.5 Å². The van der Waals surface area contributed by atoms with Crippen molar-refractivity contribution in [2.45, 2.75) is 44.5 Å². The molecule has 268 valence electrons. The summed E-state index contributed by atoms with van der Waals surface area (Å²) >= 11 is 5.61. The normalized spacial score (nSPS) is 11.7. The molecule has 0 saturated carbocycles. The van der Waals surface area contributed by atoms with Gasteiger partial charge in [0, 0.05) is 42.8 Å². The van der Waals surface area contributed by atoms with Gasteiger partial charge in [0.1, 0.15) is 22.9 Å². The molecule has 0 atom stereocenters. The van der Waals surface area contributed by atoms with E-state index in [1.54, 1.807) is 18.2 Å². The highest BCUT2D eigenvalue weighted by molar-refractivity contribution is 6.31. The highest BCUT2D eigenvalue weighted by Crippen LogP contribution is 2.36. The van der Waals surface area contributed by atoms with Crippen LogP contribution in [0.5, 0.6) is 11.5 Å². The van der Waals surface area contributed by atoms with Gasteiger partial charge >= 0.3 is 18.4 Å². The Morgan fingerprint density at radius 2 is 1.47 bits per heavy atom. The van der Waals surface area contributed by atoms with E-state index >= 15 is 0 Å². The third kappa shape index (κ3) is 12.4. The number of carbonyl (C=O) groups is 3. The SMILES string of the molecule is O=C(/C=C/c1ccc(C(F)(F)F)nc1)CCCCCCNC(=O)c1cc(Oc2ccc(NC(=O)Nc3ccc(Cl)c(C(F)(F)F)c3)cc2)ccn1. The second-order valence-corrected chi connectivity index (χ2v) is 11.4. The Labute approximate surface area is 293 Å². The highest BCUT2D eigenvalue weighted by atomic mass is 35.5. The minimum Gasteiger partial charge on any atom is -0.457 e. The zero-order chi connectivity index (χ0) is 37.0. The third-order valence-electron chi connectivity index (χ3n) is 7.02. The lowest BCUT2D eigenvalue weighted by molar-refractivity contribution is -0.141. The van der Waals surface area contributed by atoms with Crippen molar-refractivity contribution >= 4 is 46.8 Å². The monoisotopic (exact) mass is 733 g/mol. The van der Waals surface area contributed by atoms with Crippen LogP contribution in [0.2, 0.25) is 5.02 Å². The first-order valence-electron chi connectivity index (χ1n) is 15.4. The van der Waals surface area contributed by atoms with Crippen LogP contribution in [0.1, 0.15) is 59.4 Å². The van der Waals surface area contributed by atoms with Crippen LogP contribution in [0.15, 0.2) is 85.2 Å². The smallest absolute Gasteiger partial charge is 0.433 e. The van der Waals surface area contributed by atoms with Crippen LogP contribution in [-0.4, -0.2) is 34.2 Å². The van der Waals surface area contributed by atoms with Crippen LogP contribution in [0, 0.1) is 0 Å². The molecule has 0 spiro atoms. The lowest BCUT2D eigenvalue weighted by atomic mass is 10.1. The summed E-state index contributed by atoms with van der Waals surface area (Å²) in [4.78, 5) is 44.4. The molecule has 0 bridgehead atoms. The summed E-state index contributed by atoms with van der Waals surface area (Å²) < 4.78 is 82.8. The van der Waals surface area contributed by atoms with E-state index in [1.807, 2.05) is 0 Å². The summed E-state index contributed by atoms with van der Waals surface area (Å²) in [5.41, 5.74) is -1.33. The first-order valence-corrected chi connectivity index (χ1v) is 15.8. The van der Waals surface area contributed by atoms with Crippen LogP contribution >= 0.6 is 11.6 Å². The molecular formula is C35H30ClF6N5O4. The van der Waals surface area contributed by atoms with Gasteiger partial charge in [-0.15, -0.1) is 0 Å². The Balaban J connectivity index is 1.14. The van der Waals surface area contributed by atoms with Crippen molar-refractivity contribution in [1.29, 1.82) is 0 Å². The van der Waals surface area contributed by atoms with Crippen molar-refractivity contribution in [3.05, 3.63) is 113 Å². The molecule has 16 heteroatoms. The lowest BCUT2D eigenvalue weighted by Crippen LogP contribution is -2.25. The number of carbonyl (C=O) groups excluding carboxylic acids is 3. The summed E-state index contributed by atoms with van der Waals surface area (Å²) in [7, 11) is 0. The number of halogens is 7. The van der Waals surface area contributed by atoms with Gasteiger partial charge in [-0.05, 0) is 85.2 Å². The molecule has 4 rings (SSSR count). The number of anilines is 2. The topological polar surface area (TPSA) is 122 Å². The Hall–Kier alpha value is -5.44. The Morgan fingerprint density at radius 3 is 2.16 bits per heavy atom. The number of aromatic nitrogens is 2. The fraction of sp³-hybridized carbons (Fsp3) is 0.229. The molecule has 2 aromatic carbocycles. The molecule has 2 heterocycles. The summed E-state index contributed by atoms with van der Waals surface area (Å²) in [5, 5.41) is 7.12. The second-order valence-electron chi connectivity index (χ2n) is 11.0. The van der Waals surface area contributed by atoms with E-state index in [1.165, 1.54) is 48.7 Å². The molecule has 0 radical (unpaired) electrons. The van der Waals surface area contributed by atoms with Gasteiger partial charge in [0.05, 0.1) is 10.6 Å². The van der Waals surface area contributed by atoms with Crippen molar-refractivity contribution in [2.24, 2.45) is 0 Å². The van der Waals surface area contributed by atoms with Gasteiger partial charge in [-0.1, -0.05) is 30.5 Å². The van der Waals surface area contributed by atoms with E-state index in [0.717, 1.165) is 37.2 Å². The third-order valence-corrected chi connectivity index (χ3v) is 7.35. The molecule has 0 aliphatic carbocycles. The maximum Gasteiger partial charge on any atom is 0.433 e. The Morgan fingerprint density at radius 1 is 0.765 bits per heavy atom. The number of nitrogens with zero attached hydrogens (tertiary/aromatic N) is 2. The number of benzene rings is 2. The van der Waals surface area contributed by atoms with Crippen molar-refractivity contribution in [1.82, 2.24) is 15.3 Å². The predicted molar refractivity (Wildman–Crippen MR) is 179 cm³/mol. The first kappa shape index (κ1) is 38.4. The number of hydrogen-bond acceptors (Lipinski definition) is 6. The number of alkyl halides is 6. The molecule has 3 amide bonds. The molecule has 51 heavy (non-hydrogen) atoms. The number of unbranched alkanes of at least 4 members (excludes halogenated alkanes) is 3. The molecular weight excluding hydrogens is 704 g/mol. The molecule has 4 aromatic rings. The van der Waals surface area contributed by atoms with E-state index in [0.29, 0.717) is 42.1 Å². The first-order chi connectivity index (χ1) is 24.2. The average Bonchev–Trinajstić information content (AvgIpc) is 3.08. The summed E-state index contributed by atoms with van der Waals surface area (Å²) in [6.07, 6.45) is -0.956. The minimum atomic E-state index is -4.68. The maximum absolute atomic E-state index is 13.1. The van der Waals surface area contributed by atoms with Crippen LogP contribution < -0.4 is 20.7 Å². The number of hydrogen-bond donors (Lipinski definition) is 3. The standard InChI is InChI=1S/C35H30ClF6N5O4/c36-29-14-10-24(19-28(29)34(37,38)39)47-33(50)46-23-8-12-26(13-9-23)51-27-16-18-43-30(20-27)32(49)44-17-4-2-1-3-5-25(48)11-6-22-7-15-31(45-21-22)35(40,41)42/h6-16,18-21H,1-5,17H2,(H,44,49)(H2,46,47,50)/b11-6+. The van der Waals surface area contributed by atoms with Gasteiger partial charge in [-0.25, -0.2) is 4.79 Å². The van der Waals surface area contributed by atoms with Crippen LogP contribution in [-0.2, 0) is 17.1 Å². The van der Waals surface area contributed by atoms with Gasteiger partial charge in [-0.3, -0.25) is 19.6 Å². The number of ether oxygens (including phenoxy) is 1. The van der Waals surface area contributed by atoms with Crippen LogP contribution in [0.3, 0.4) is 0 Å². The Bertz CT molecular complexity index is 1850. The summed E-state index contributed by atoms with van der Waals surface area (Å²) in [6.45, 7) is 0.379. The number of nitrogens with one attached hydrogen (secondary N) is 3. The molecule has 0 aliphatic rings. The molecule has 0 aliphatic heterocycles. The Kier molecular flexibility index (Phi) is 13.1. The molecule has 0 unspecified atom stereocenters. The minimum absolute atomic E-state index is 0.0990. The van der Waals surface area contributed by atoms with Crippen LogP contribution in [0.4, 0.5) is 42.5 Å². The number of pyridine rings is 2. The van der Waals surface area contributed by atoms with E-state index in [-0.39, 0.29) is 23.6 Å². The van der Waals surface area contributed by atoms with Crippen LogP contribution in [0.25, 0.3) is 6.08 Å². The summed E-state index contributed by atoms with van der Waals surface area (Å²) in [5.74, 6) is 0.129. The lowest BCUT2D eigenvalue weighted by Gasteiger charge is -2.12.